The Kier molecular flexibility index (Phi) is 11.4. The van der Waals surface area contributed by atoms with Gasteiger partial charge in [0.25, 0.3) is 0 Å². The van der Waals surface area contributed by atoms with Crippen molar-refractivity contribution in [1.82, 2.24) is 0 Å². The molecule has 0 unspecified atom stereocenters. The lowest BCUT2D eigenvalue weighted by Gasteiger charge is -2.23. The van der Waals surface area contributed by atoms with Crippen LogP contribution in [0.3, 0.4) is 0 Å². The van der Waals surface area contributed by atoms with Crippen molar-refractivity contribution in [2.75, 3.05) is 0 Å². The molecule has 0 spiro atoms. The number of para-hydroxylation sites is 2. The summed E-state index contributed by atoms with van der Waals surface area (Å²) < 4.78 is 28.7. The smallest absolute Gasteiger partial charge is 0.144 e. The van der Waals surface area contributed by atoms with E-state index in [-0.39, 0.29) is 10.8 Å². The Morgan fingerprint density at radius 1 is 0.179 bits per heavy atom. The van der Waals surface area contributed by atoms with Crippen LogP contribution in [0.4, 0.5) is 0 Å². The lowest BCUT2D eigenvalue weighted by molar-refractivity contribution is 0.660. The van der Waals surface area contributed by atoms with Gasteiger partial charge in [-0.2, -0.15) is 0 Å². The standard InChI is InChI=1S/C102H62O4/c1-101(2)84-34-17-14-21-62(84)80-51-56(39-48-85(80)101)90-64-22-5-7-24-66(64)91(67-25-8-6-23-65(67)90)57-40-49-88-81(52-57)76-47-46-75-74(97(76)103-88)45-44-73-72-32-19-31-60(96(72)106-98(73)75)55-36-42-77-82(50-55)100-95(94-78-30-15-18-35-87(78)104-99(77)94)79-43-38-59(54-89(79)105-100)93-70-28-11-9-26-68(70)92(69-27-10-12-29-71(69)93)58-37-41-63-61-20-13-16-33-83(61)102(3,4)86(63)53-58/h5-54H,1-4H3. The molecule has 2 aliphatic carbocycles. The molecule has 0 radical (unpaired) electrons. The summed E-state index contributed by atoms with van der Waals surface area (Å²) in [6.07, 6.45) is 0. The molecule has 4 heterocycles. The van der Waals surface area contributed by atoms with Crippen LogP contribution < -0.4 is 0 Å². The first-order valence-corrected chi connectivity index (χ1v) is 36.9. The van der Waals surface area contributed by atoms with Crippen molar-refractivity contribution in [3.63, 3.8) is 0 Å². The fraction of sp³-hybridized carbons (Fsp3) is 0.0588. The lowest BCUT2D eigenvalue weighted by atomic mass is 9.80. The van der Waals surface area contributed by atoms with Crippen molar-refractivity contribution in [1.29, 1.82) is 0 Å². The summed E-state index contributed by atoms with van der Waals surface area (Å²) in [5, 5.41) is 22.1. The highest BCUT2D eigenvalue weighted by atomic mass is 16.3. The van der Waals surface area contributed by atoms with Crippen LogP contribution in [0.2, 0.25) is 0 Å². The van der Waals surface area contributed by atoms with Crippen molar-refractivity contribution in [3.05, 3.63) is 326 Å². The first-order valence-electron chi connectivity index (χ1n) is 36.9. The molecule has 0 fully saturated rings. The van der Waals surface area contributed by atoms with E-state index in [4.69, 9.17) is 17.7 Å². The van der Waals surface area contributed by atoms with Gasteiger partial charge in [0, 0.05) is 81.0 Å². The molecule has 0 saturated carbocycles. The molecule has 106 heavy (non-hydrogen) atoms. The van der Waals surface area contributed by atoms with Gasteiger partial charge in [-0.25, -0.2) is 0 Å². The van der Waals surface area contributed by atoms with E-state index in [2.05, 4.69) is 331 Å². The molecule has 4 aromatic heterocycles. The highest BCUT2D eigenvalue weighted by molar-refractivity contribution is 6.36. The topological polar surface area (TPSA) is 52.6 Å². The van der Waals surface area contributed by atoms with Crippen molar-refractivity contribution >= 4 is 152 Å². The Morgan fingerprint density at radius 2 is 0.528 bits per heavy atom. The quantitative estimate of drug-likeness (QED) is 0.161. The highest BCUT2D eigenvalue weighted by Gasteiger charge is 2.38. The molecule has 0 atom stereocenters. The van der Waals surface area contributed by atoms with Crippen molar-refractivity contribution in [3.8, 4) is 77.9 Å². The van der Waals surface area contributed by atoms with E-state index < -0.39 is 0 Å². The number of fused-ring (bicyclic) bond motifs is 29. The monoisotopic (exact) mass is 1350 g/mol. The van der Waals surface area contributed by atoms with Crippen LogP contribution in [0.5, 0.6) is 0 Å². The average Bonchev–Trinajstić information content (AvgIpc) is 1.56. The Morgan fingerprint density at radius 3 is 1.15 bits per heavy atom. The lowest BCUT2D eigenvalue weighted by Crippen LogP contribution is -2.14. The van der Waals surface area contributed by atoms with Crippen LogP contribution in [-0.4, -0.2) is 0 Å². The van der Waals surface area contributed by atoms with Crippen molar-refractivity contribution in [2.24, 2.45) is 0 Å². The van der Waals surface area contributed by atoms with Crippen molar-refractivity contribution < 1.29 is 17.7 Å². The third kappa shape index (κ3) is 7.66. The second-order valence-electron chi connectivity index (χ2n) is 30.7. The molecule has 22 aromatic rings. The van der Waals surface area contributed by atoms with Gasteiger partial charge in [-0.15, -0.1) is 0 Å². The van der Waals surface area contributed by atoms with E-state index in [1.165, 1.54) is 121 Å². The molecule has 0 amide bonds. The van der Waals surface area contributed by atoms with Gasteiger partial charge in [-0.05, 0) is 217 Å². The number of hydrogen-bond donors (Lipinski definition) is 0. The molecule has 0 N–H and O–H groups in total. The summed E-state index contributed by atoms with van der Waals surface area (Å²) in [5.74, 6) is 0. The highest BCUT2D eigenvalue weighted by Crippen LogP contribution is 2.56. The molecule has 0 saturated heterocycles. The van der Waals surface area contributed by atoms with Gasteiger partial charge in [-0.3, -0.25) is 0 Å². The SMILES string of the molecule is CC1(C)c2ccccc2-c2cc(-c3c4ccccc4c(-c4ccc5oc6c(ccc7c6ccc6c8cccc(-c9ccc%10c(c9)c9oc%11cc(-c%12c%13ccccc%13c(-c%13ccc%14c(c%13)C(C)(C)c%13ccccc%13-%14)c%13ccccc%12%13)ccc%11c9c9c%11ccccc%11oc%109)c8oc67)c5c4)c4ccccc34)ccc21. The predicted molar refractivity (Wildman–Crippen MR) is 443 cm³/mol. The molecular weight excluding hydrogens is 1290 g/mol. The predicted octanol–water partition coefficient (Wildman–Crippen LogP) is 29.2. The molecular formula is C102H62O4. The van der Waals surface area contributed by atoms with Crippen LogP contribution in [-0.2, 0) is 10.8 Å². The van der Waals surface area contributed by atoms with Crippen LogP contribution in [0, 0.1) is 0 Å². The fourth-order valence-corrected chi connectivity index (χ4v) is 19.8. The minimum Gasteiger partial charge on any atom is -0.455 e. The van der Waals surface area contributed by atoms with Gasteiger partial charge in [0.1, 0.15) is 44.7 Å². The first kappa shape index (κ1) is 58.2. The number of benzene rings is 18. The van der Waals surface area contributed by atoms with Gasteiger partial charge in [-0.1, -0.05) is 252 Å². The van der Waals surface area contributed by atoms with E-state index in [0.29, 0.717) is 0 Å². The van der Waals surface area contributed by atoms with Gasteiger partial charge in [0.15, 0.2) is 0 Å². The van der Waals surface area contributed by atoms with Crippen LogP contribution >= 0.6 is 0 Å². The van der Waals surface area contributed by atoms with E-state index in [9.17, 15) is 0 Å². The minimum absolute atomic E-state index is 0.0681. The van der Waals surface area contributed by atoms with E-state index in [1.54, 1.807) is 0 Å². The Bertz CT molecular complexity index is 7650. The molecule has 18 aromatic carbocycles. The second kappa shape index (κ2) is 20.8. The summed E-state index contributed by atoms with van der Waals surface area (Å²) >= 11 is 0. The molecule has 2 aliphatic rings. The zero-order valence-corrected chi connectivity index (χ0v) is 58.5. The Hall–Kier alpha value is -13.3. The fourth-order valence-electron chi connectivity index (χ4n) is 19.8. The molecule has 4 nitrogen and oxygen atoms in total. The van der Waals surface area contributed by atoms with Crippen molar-refractivity contribution in [2.45, 2.75) is 38.5 Å². The normalized spacial score (nSPS) is 13.8. The maximum atomic E-state index is 7.42. The molecule has 4 heteroatoms. The molecule has 24 rings (SSSR count). The number of furan rings is 4. The largest absolute Gasteiger partial charge is 0.455 e. The summed E-state index contributed by atoms with van der Waals surface area (Å²) in [6, 6.07) is 112. The molecule has 0 aliphatic heterocycles. The zero-order valence-electron chi connectivity index (χ0n) is 58.5. The van der Waals surface area contributed by atoms with E-state index in [1.807, 2.05) is 0 Å². The summed E-state index contributed by atoms with van der Waals surface area (Å²) in [5.41, 5.74) is 28.9. The third-order valence-corrected chi connectivity index (χ3v) is 24.6. The minimum atomic E-state index is -0.126. The third-order valence-electron chi connectivity index (χ3n) is 24.6. The molecule has 0 bridgehead atoms. The first-order chi connectivity index (χ1) is 52.1. The van der Waals surface area contributed by atoms with Crippen LogP contribution in [0.25, 0.3) is 230 Å². The second-order valence-corrected chi connectivity index (χ2v) is 30.7. The summed E-state index contributed by atoms with van der Waals surface area (Å²) in [7, 11) is 0. The van der Waals surface area contributed by atoms with Gasteiger partial charge in [0.05, 0.1) is 0 Å². The maximum Gasteiger partial charge on any atom is 0.144 e. The van der Waals surface area contributed by atoms with E-state index >= 15 is 0 Å². The number of hydrogen-bond acceptors (Lipinski definition) is 4. The molecule has 494 valence electrons. The number of rotatable bonds is 5. The zero-order chi connectivity index (χ0) is 69.7. The van der Waals surface area contributed by atoms with Crippen LogP contribution in [0.15, 0.2) is 321 Å². The van der Waals surface area contributed by atoms with Gasteiger partial charge >= 0.3 is 0 Å². The average molecular weight is 1350 g/mol. The van der Waals surface area contributed by atoms with Crippen LogP contribution in [0.1, 0.15) is 49.9 Å². The maximum absolute atomic E-state index is 7.42. The summed E-state index contributed by atoms with van der Waals surface area (Å²) in [6.45, 7) is 9.44. The van der Waals surface area contributed by atoms with Gasteiger partial charge < -0.3 is 17.7 Å². The van der Waals surface area contributed by atoms with E-state index in [0.717, 1.165) is 132 Å². The Balaban J connectivity index is 0.637. The summed E-state index contributed by atoms with van der Waals surface area (Å²) in [4.78, 5) is 0. The van der Waals surface area contributed by atoms with Gasteiger partial charge in [0.2, 0.25) is 0 Å². The Labute approximate surface area is 608 Å².